The molecule has 1 aliphatic rings. The van der Waals surface area contributed by atoms with Crippen LogP contribution in [0.25, 0.3) is 0 Å². The molecule has 2 amide bonds. The number of carbonyl (C=O) groups is 1. The maximum atomic E-state index is 12.5. The molecule has 1 saturated heterocycles. The Morgan fingerprint density at radius 1 is 1.46 bits per heavy atom. The van der Waals surface area contributed by atoms with Gasteiger partial charge in [-0.2, -0.15) is 0 Å². The number of likely N-dealkylation sites (tertiary alicyclic amines) is 1. The average Bonchev–Trinajstić information content (AvgIpc) is 3.31. The monoisotopic (exact) mass is 359 g/mol. The van der Waals surface area contributed by atoms with Crippen molar-refractivity contribution in [3.05, 3.63) is 42.4 Å². The molecule has 0 spiro atoms. The molecular formula is C19H29N5O2. The first-order valence-electron chi connectivity index (χ1n) is 9.34. The molecule has 2 aromatic heterocycles. The molecular weight excluding hydrogens is 330 g/mol. The van der Waals surface area contributed by atoms with Gasteiger partial charge in [0.1, 0.15) is 11.6 Å². The van der Waals surface area contributed by atoms with Crippen LogP contribution in [0.3, 0.4) is 0 Å². The van der Waals surface area contributed by atoms with Gasteiger partial charge in [-0.3, -0.25) is 0 Å². The zero-order valence-corrected chi connectivity index (χ0v) is 15.7. The van der Waals surface area contributed by atoms with Gasteiger partial charge >= 0.3 is 6.03 Å². The van der Waals surface area contributed by atoms with Crippen LogP contribution in [0.5, 0.6) is 0 Å². The van der Waals surface area contributed by atoms with Gasteiger partial charge in [-0.05, 0) is 52.0 Å². The molecule has 7 nitrogen and oxygen atoms in total. The average molecular weight is 359 g/mol. The molecule has 1 aliphatic heterocycles. The highest BCUT2D eigenvalue weighted by Gasteiger charge is 2.27. The normalized spacial score (nSPS) is 17.7. The van der Waals surface area contributed by atoms with Crippen molar-refractivity contribution in [3.63, 3.8) is 0 Å². The second-order valence-electron chi connectivity index (χ2n) is 7.16. The smallest absolute Gasteiger partial charge is 0.317 e. The van der Waals surface area contributed by atoms with Crippen LogP contribution in [0.1, 0.15) is 36.8 Å². The van der Waals surface area contributed by atoms with Gasteiger partial charge in [-0.15, -0.1) is 0 Å². The van der Waals surface area contributed by atoms with Gasteiger partial charge in [0.2, 0.25) is 0 Å². The minimum absolute atomic E-state index is 0.0307. The highest BCUT2D eigenvalue weighted by atomic mass is 16.3. The van der Waals surface area contributed by atoms with Crippen LogP contribution in [-0.4, -0.2) is 59.1 Å². The molecule has 1 N–H and O–H groups in total. The second kappa shape index (κ2) is 8.89. The third-order valence-corrected chi connectivity index (χ3v) is 4.82. The Hall–Kier alpha value is -2.28. The van der Waals surface area contributed by atoms with Gasteiger partial charge in [-0.1, -0.05) is 0 Å². The number of rotatable bonds is 7. The van der Waals surface area contributed by atoms with Crippen molar-refractivity contribution in [2.24, 2.45) is 0 Å². The molecule has 0 unspecified atom stereocenters. The largest absolute Gasteiger partial charge is 0.467 e. The van der Waals surface area contributed by atoms with Crippen molar-refractivity contribution in [1.82, 2.24) is 24.7 Å². The number of nitrogens with one attached hydrogen (secondary N) is 1. The van der Waals surface area contributed by atoms with E-state index >= 15 is 0 Å². The number of furan rings is 1. The van der Waals surface area contributed by atoms with Crippen molar-refractivity contribution in [3.8, 4) is 0 Å². The molecule has 1 fully saturated rings. The standard InChI is InChI=1S/C19H29N5O2/c1-22(2)9-5-11-23-12-8-20-18(23)16-6-3-10-24(15-16)19(25)21-14-17-7-4-13-26-17/h4,7-8,12-13,16H,3,5-6,9-11,14-15H2,1-2H3,(H,21,25)/t16-/m1/s1. The lowest BCUT2D eigenvalue weighted by atomic mass is 9.97. The quantitative estimate of drug-likeness (QED) is 0.825. The van der Waals surface area contributed by atoms with Crippen LogP contribution < -0.4 is 5.32 Å². The van der Waals surface area contributed by atoms with E-state index in [4.69, 9.17) is 4.42 Å². The van der Waals surface area contributed by atoms with Gasteiger partial charge in [0.25, 0.3) is 0 Å². The Bertz CT molecular complexity index is 680. The van der Waals surface area contributed by atoms with E-state index in [9.17, 15) is 4.79 Å². The van der Waals surface area contributed by atoms with E-state index in [0.717, 1.165) is 50.5 Å². The van der Waals surface area contributed by atoms with Gasteiger partial charge in [0.05, 0.1) is 12.8 Å². The second-order valence-corrected chi connectivity index (χ2v) is 7.16. The number of hydrogen-bond donors (Lipinski definition) is 1. The molecule has 0 aliphatic carbocycles. The summed E-state index contributed by atoms with van der Waals surface area (Å²) < 4.78 is 7.52. The summed E-state index contributed by atoms with van der Waals surface area (Å²) in [7, 11) is 4.18. The Morgan fingerprint density at radius 2 is 2.35 bits per heavy atom. The first-order valence-corrected chi connectivity index (χ1v) is 9.34. The number of carbonyl (C=O) groups excluding carboxylic acids is 1. The zero-order chi connectivity index (χ0) is 18.4. The third-order valence-electron chi connectivity index (χ3n) is 4.82. The fraction of sp³-hybridized carbons (Fsp3) is 0.579. The fourth-order valence-corrected chi connectivity index (χ4v) is 3.49. The summed E-state index contributed by atoms with van der Waals surface area (Å²) in [5.74, 6) is 2.17. The summed E-state index contributed by atoms with van der Waals surface area (Å²) in [5, 5.41) is 2.94. The molecule has 0 saturated carbocycles. The van der Waals surface area contributed by atoms with Gasteiger partial charge in [0, 0.05) is 37.9 Å². The van der Waals surface area contributed by atoms with Crippen molar-refractivity contribution in [2.75, 3.05) is 33.7 Å². The summed E-state index contributed by atoms with van der Waals surface area (Å²) in [6.07, 6.45) is 8.73. The van der Waals surface area contributed by atoms with E-state index in [2.05, 4.69) is 40.1 Å². The lowest BCUT2D eigenvalue weighted by Gasteiger charge is -2.32. The molecule has 1 atom stereocenters. The number of urea groups is 1. The number of piperidine rings is 1. The highest BCUT2D eigenvalue weighted by Crippen LogP contribution is 2.26. The van der Waals surface area contributed by atoms with Crippen LogP contribution >= 0.6 is 0 Å². The minimum atomic E-state index is -0.0307. The molecule has 26 heavy (non-hydrogen) atoms. The zero-order valence-electron chi connectivity index (χ0n) is 15.7. The first kappa shape index (κ1) is 18.5. The van der Waals surface area contributed by atoms with E-state index in [1.165, 1.54) is 0 Å². The van der Waals surface area contributed by atoms with Gasteiger partial charge in [0.15, 0.2) is 0 Å². The molecule has 142 valence electrons. The number of hydrogen-bond acceptors (Lipinski definition) is 4. The van der Waals surface area contributed by atoms with Crippen LogP contribution in [-0.2, 0) is 13.1 Å². The maximum Gasteiger partial charge on any atom is 0.317 e. The van der Waals surface area contributed by atoms with Gasteiger partial charge in [-0.25, -0.2) is 9.78 Å². The Kier molecular flexibility index (Phi) is 6.33. The van der Waals surface area contributed by atoms with E-state index in [-0.39, 0.29) is 6.03 Å². The van der Waals surface area contributed by atoms with Crippen molar-refractivity contribution >= 4 is 6.03 Å². The SMILES string of the molecule is CN(C)CCCn1ccnc1[C@@H]1CCCN(C(=O)NCc2ccco2)C1. The minimum Gasteiger partial charge on any atom is -0.467 e. The molecule has 3 heterocycles. The fourth-order valence-electron chi connectivity index (χ4n) is 3.49. The molecule has 3 rings (SSSR count). The molecule has 7 heteroatoms. The van der Waals surface area contributed by atoms with Gasteiger partial charge < -0.3 is 24.1 Å². The molecule has 0 aromatic carbocycles. The third kappa shape index (κ3) is 4.88. The number of imidazole rings is 1. The van der Waals surface area contributed by atoms with E-state index < -0.39 is 0 Å². The topological polar surface area (TPSA) is 66.5 Å². The van der Waals surface area contributed by atoms with Crippen molar-refractivity contribution in [2.45, 2.75) is 38.3 Å². The summed E-state index contributed by atoms with van der Waals surface area (Å²) in [6.45, 7) is 3.96. The summed E-state index contributed by atoms with van der Waals surface area (Å²) in [5.41, 5.74) is 0. The number of aryl methyl sites for hydroxylation is 1. The number of aromatic nitrogens is 2. The summed E-state index contributed by atoms with van der Waals surface area (Å²) in [4.78, 5) is 21.2. The predicted octanol–water partition coefficient (Wildman–Crippen LogP) is 2.52. The highest BCUT2D eigenvalue weighted by molar-refractivity contribution is 5.74. The lowest BCUT2D eigenvalue weighted by Crippen LogP contribution is -2.45. The molecule has 2 aromatic rings. The first-order chi connectivity index (χ1) is 12.6. The summed E-state index contributed by atoms with van der Waals surface area (Å²) >= 11 is 0. The van der Waals surface area contributed by atoms with Crippen molar-refractivity contribution in [1.29, 1.82) is 0 Å². The molecule has 0 bridgehead atoms. The predicted molar refractivity (Wildman–Crippen MR) is 99.9 cm³/mol. The van der Waals surface area contributed by atoms with Crippen LogP contribution in [0, 0.1) is 0 Å². The molecule has 0 radical (unpaired) electrons. The number of amides is 2. The Labute approximate surface area is 155 Å². The van der Waals surface area contributed by atoms with Crippen molar-refractivity contribution < 1.29 is 9.21 Å². The van der Waals surface area contributed by atoms with Crippen LogP contribution in [0.4, 0.5) is 4.79 Å². The van der Waals surface area contributed by atoms with Crippen LogP contribution in [0.15, 0.2) is 35.2 Å². The number of nitrogens with zero attached hydrogens (tertiary/aromatic N) is 4. The van der Waals surface area contributed by atoms with Crippen LogP contribution in [0.2, 0.25) is 0 Å². The lowest BCUT2D eigenvalue weighted by molar-refractivity contribution is 0.176. The van der Waals surface area contributed by atoms with E-state index in [0.29, 0.717) is 19.0 Å². The van der Waals surface area contributed by atoms with E-state index in [1.807, 2.05) is 23.2 Å². The summed E-state index contributed by atoms with van der Waals surface area (Å²) in [6, 6.07) is 3.66. The maximum absolute atomic E-state index is 12.5. The Balaban J connectivity index is 1.54. The Morgan fingerprint density at radius 3 is 3.12 bits per heavy atom. The van der Waals surface area contributed by atoms with E-state index in [1.54, 1.807) is 6.26 Å².